The molecule has 2 saturated heterocycles. The molecule has 6 aliphatic rings. The van der Waals surface area contributed by atoms with E-state index in [4.69, 9.17) is 30.9 Å². The number of ether oxygens (including phenoxy) is 2. The Morgan fingerprint density at radius 1 is 0.636 bits per heavy atom. The van der Waals surface area contributed by atoms with Gasteiger partial charge in [0.25, 0.3) is 0 Å². The minimum Gasteiger partial charge on any atom is -0.453 e. The fourth-order valence-electron chi connectivity index (χ4n) is 10.1. The van der Waals surface area contributed by atoms with E-state index in [1.165, 1.54) is 47.6 Å². The number of fused-ring (bicyclic) bond motifs is 2. The maximum atomic E-state index is 13.7. The number of amides is 4. The lowest BCUT2D eigenvalue weighted by atomic mass is 9.87. The van der Waals surface area contributed by atoms with Gasteiger partial charge < -0.3 is 51.3 Å². The summed E-state index contributed by atoms with van der Waals surface area (Å²) in [5, 5.41) is 5.31. The first kappa shape index (κ1) is 44.4. The van der Waals surface area contributed by atoms with Crippen molar-refractivity contribution in [3.05, 3.63) is 107 Å². The van der Waals surface area contributed by atoms with Crippen molar-refractivity contribution >= 4 is 46.1 Å². The van der Waals surface area contributed by atoms with Gasteiger partial charge in [-0.3, -0.25) is 9.59 Å². The van der Waals surface area contributed by atoms with Crippen molar-refractivity contribution in [2.75, 3.05) is 40.4 Å². The maximum Gasteiger partial charge on any atom is 0.407 e. The Bertz CT molecular complexity index is 2600. The molecule has 6 aromatic rings. The Morgan fingerprint density at radius 3 is 1.48 bits per heavy atom. The third kappa shape index (κ3) is 9.07. The van der Waals surface area contributed by atoms with Gasteiger partial charge in [0.2, 0.25) is 11.8 Å². The van der Waals surface area contributed by atoms with Gasteiger partial charge in [-0.1, -0.05) is 48.5 Å². The second-order valence-corrected chi connectivity index (χ2v) is 17.6. The normalized spacial score (nSPS) is 18.0. The van der Waals surface area contributed by atoms with Crippen molar-refractivity contribution in [1.82, 2.24) is 40.4 Å². The summed E-state index contributed by atoms with van der Waals surface area (Å²) in [4.78, 5) is 72.1. The van der Waals surface area contributed by atoms with Crippen LogP contribution in [0.25, 0.3) is 44.3 Å². The minimum absolute atomic E-state index is 0.188. The van der Waals surface area contributed by atoms with Gasteiger partial charge in [0.15, 0.2) is 0 Å². The highest BCUT2D eigenvalue weighted by atomic mass is 16.5. The maximum absolute atomic E-state index is 13.7. The van der Waals surface area contributed by atoms with E-state index in [1.807, 2.05) is 0 Å². The van der Waals surface area contributed by atoms with Crippen LogP contribution in [0, 0.1) is 0 Å². The van der Waals surface area contributed by atoms with E-state index in [9.17, 15) is 19.2 Å². The molecule has 16 nitrogen and oxygen atoms in total. The summed E-state index contributed by atoms with van der Waals surface area (Å²) in [6.07, 6.45) is 5.89. The van der Waals surface area contributed by atoms with Crippen LogP contribution in [-0.2, 0) is 44.7 Å². The number of imidazole rings is 2. The van der Waals surface area contributed by atoms with Crippen LogP contribution in [0.4, 0.5) is 9.59 Å². The van der Waals surface area contributed by atoms with Crippen LogP contribution in [0.2, 0.25) is 0 Å². The molecule has 4 heterocycles. The molecule has 4 bridgehead atoms. The molecule has 8 N–H and O–H groups in total. The molecule has 0 radical (unpaired) electrons. The minimum atomic E-state index is -0.773. The van der Waals surface area contributed by atoms with Crippen molar-refractivity contribution in [2.24, 2.45) is 11.5 Å². The van der Waals surface area contributed by atoms with Crippen molar-refractivity contribution < 1.29 is 28.7 Å². The molecule has 0 spiro atoms. The Morgan fingerprint density at radius 2 is 1.08 bits per heavy atom. The number of likely N-dealkylation sites (tertiary alicyclic amines) is 2. The van der Waals surface area contributed by atoms with Gasteiger partial charge in [0.05, 0.1) is 48.4 Å². The largest absolute Gasteiger partial charge is 0.453 e. The standard InChI is InChI=1S/C50H58N10O6/c1-65-49(63)57-39(19-21-51)47(61)59-23-3-5-43(59)45-53-37-17-15-33(27-41(37)55-45)35-25-29-7-11-31(35)13-9-30-8-12-32(14-10-29)36(26-30)34-16-18-38-42(28-34)56-46(54-38)44-6-4-24-60(44)48(62)40(20-22-52)58-50(64)66-2/h7-8,11-12,15-18,25-28,39-40,43-44H,3-6,9-10,13-14,19-24,51-52H2,1-2H3,(H,53,55)(H,54,56)(H,57,63)(H,58,64)/t39-,40-,43-,44-/m0/s1. The summed E-state index contributed by atoms with van der Waals surface area (Å²) < 4.78 is 9.54. The van der Waals surface area contributed by atoms with Crippen LogP contribution >= 0.6 is 0 Å². The first-order valence-corrected chi connectivity index (χ1v) is 23.1. The lowest BCUT2D eigenvalue weighted by molar-refractivity contribution is -0.135. The van der Waals surface area contributed by atoms with Gasteiger partial charge in [-0.25, -0.2) is 19.6 Å². The number of aromatic nitrogens is 4. The van der Waals surface area contributed by atoms with Crippen molar-refractivity contribution in [1.29, 1.82) is 0 Å². The first-order valence-electron chi connectivity index (χ1n) is 23.1. The number of aryl methyl sites for hydroxylation is 4. The highest BCUT2D eigenvalue weighted by Crippen LogP contribution is 2.37. The van der Waals surface area contributed by atoms with Crippen LogP contribution in [-0.4, -0.2) is 106 Å². The second kappa shape index (κ2) is 19.4. The van der Waals surface area contributed by atoms with Gasteiger partial charge >= 0.3 is 12.2 Å². The zero-order chi connectivity index (χ0) is 45.9. The zero-order valence-corrected chi connectivity index (χ0v) is 37.5. The highest BCUT2D eigenvalue weighted by Gasteiger charge is 2.38. The molecule has 4 aromatic carbocycles. The quantitative estimate of drug-likeness (QED) is 0.0824. The topological polar surface area (TPSA) is 227 Å². The molecule has 0 saturated carbocycles. The Hall–Kier alpha value is -6.78. The van der Waals surface area contributed by atoms with Crippen LogP contribution in [0.5, 0.6) is 0 Å². The highest BCUT2D eigenvalue weighted by molar-refractivity contribution is 5.88. The summed E-state index contributed by atoms with van der Waals surface area (Å²) >= 11 is 0. The molecule has 4 amide bonds. The van der Waals surface area contributed by atoms with E-state index in [2.05, 4.69) is 93.4 Å². The van der Waals surface area contributed by atoms with E-state index >= 15 is 0 Å². The first-order chi connectivity index (χ1) is 32.1. The smallest absolute Gasteiger partial charge is 0.407 e. The average molecular weight is 895 g/mol. The van der Waals surface area contributed by atoms with Gasteiger partial charge in [-0.2, -0.15) is 0 Å². The molecule has 4 atom stereocenters. The fraction of sp³-hybridized carbons (Fsp3) is 0.400. The number of aromatic amines is 2. The van der Waals surface area contributed by atoms with Crippen LogP contribution in [0.15, 0.2) is 72.8 Å². The molecular formula is C50H58N10O6. The molecule has 12 rings (SSSR count). The number of carbonyl (C=O) groups excluding carboxylic acids is 4. The van der Waals surface area contributed by atoms with E-state index in [-0.39, 0.29) is 37.0 Å². The number of nitrogens with zero attached hydrogens (tertiary/aromatic N) is 4. The fourth-order valence-corrected chi connectivity index (χ4v) is 10.1. The molecule has 16 heteroatoms. The summed E-state index contributed by atoms with van der Waals surface area (Å²) in [7, 11) is 2.55. The van der Waals surface area contributed by atoms with Crippen molar-refractivity contribution in [3.8, 4) is 22.3 Å². The molecule has 0 unspecified atom stereocenters. The van der Waals surface area contributed by atoms with Crippen molar-refractivity contribution in [2.45, 2.75) is 88.4 Å². The van der Waals surface area contributed by atoms with Crippen LogP contribution in [0.3, 0.4) is 0 Å². The molecule has 2 fully saturated rings. The molecule has 2 aromatic heterocycles. The zero-order valence-electron chi connectivity index (χ0n) is 37.5. The number of H-pyrrole nitrogens is 2. The molecule has 2 aliphatic heterocycles. The third-order valence-corrected chi connectivity index (χ3v) is 13.5. The predicted molar refractivity (Wildman–Crippen MR) is 251 cm³/mol. The summed E-state index contributed by atoms with van der Waals surface area (Å²) in [6, 6.07) is 24.5. The molecule has 66 heavy (non-hydrogen) atoms. The molecule has 344 valence electrons. The molecule has 4 aliphatic carbocycles. The van der Waals surface area contributed by atoms with Crippen LogP contribution < -0.4 is 22.1 Å². The van der Waals surface area contributed by atoms with Gasteiger partial charge in [0, 0.05) is 13.1 Å². The number of benzene rings is 4. The number of alkyl carbamates (subject to hydrolysis) is 2. The monoisotopic (exact) mass is 894 g/mol. The summed E-state index contributed by atoms with van der Waals surface area (Å²) in [5.74, 6) is 1.09. The number of carbonyl (C=O) groups is 4. The summed E-state index contributed by atoms with van der Waals surface area (Å²) in [6.45, 7) is 1.63. The third-order valence-electron chi connectivity index (χ3n) is 13.5. The van der Waals surface area contributed by atoms with E-state index < -0.39 is 24.3 Å². The van der Waals surface area contributed by atoms with Crippen LogP contribution in [0.1, 0.15) is 84.5 Å². The van der Waals surface area contributed by atoms with Gasteiger partial charge in [-0.15, -0.1) is 0 Å². The van der Waals surface area contributed by atoms with Gasteiger partial charge in [0.1, 0.15) is 23.7 Å². The lowest BCUT2D eigenvalue weighted by Crippen LogP contribution is -2.49. The SMILES string of the molecule is COC(=O)N[C@@H](CCN)C(=O)N1CCC[C@H]1c1nc2ccc(-c3cc4ccc3CCc3ccc(c(-c5ccc6nc([C@@H]7CCCN7C(=O)[C@H](CCN)NC(=O)OC)[nH]c6c5)c3)CC4)cc2[nH]1. The number of methoxy groups -OCH3 is 2. The Labute approximate surface area is 383 Å². The summed E-state index contributed by atoms with van der Waals surface area (Å²) in [5.41, 5.74) is 24.8. The average Bonchev–Trinajstić information content (AvgIpc) is 4.17. The van der Waals surface area contributed by atoms with Crippen molar-refractivity contribution in [3.63, 3.8) is 0 Å². The Balaban J connectivity index is 0.937. The second-order valence-electron chi connectivity index (χ2n) is 17.6. The number of nitrogens with two attached hydrogens (primary N) is 2. The Kier molecular flexibility index (Phi) is 13.0. The number of hydrogen-bond donors (Lipinski definition) is 6. The van der Waals surface area contributed by atoms with E-state index in [1.54, 1.807) is 9.80 Å². The number of hydrogen-bond acceptors (Lipinski definition) is 10. The van der Waals surface area contributed by atoms with E-state index in [0.29, 0.717) is 25.9 Å². The van der Waals surface area contributed by atoms with Gasteiger partial charge in [-0.05, 0) is 146 Å². The lowest BCUT2D eigenvalue weighted by Gasteiger charge is -2.28. The number of rotatable bonds is 12. The predicted octanol–water partition coefficient (Wildman–Crippen LogP) is 6.13. The molecular weight excluding hydrogens is 837 g/mol. The van der Waals surface area contributed by atoms with E-state index in [0.717, 1.165) is 96.2 Å². The number of nitrogens with one attached hydrogen (secondary N) is 4.